The third-order valence-corrected chi connectivity index (χ3v) is 2.68. The van der Waals surface area contributed by atoms with E-state index in [2.05, 4.69) is 11.9 Å². The minimum Gasteiger partial charge on any atom is -0.389 e. The van der Waals surface area contributed by atoms with E-state index in [1.165, 1.54) is 0 Å². The van der Waals surface area contributed by atoms with Crippen molar-refractivity contribution in [1.29, 1.82) is 0 Å². The number of rotatable bonds is 3. The third kappa shape index (κ3) is 1.86. The molecule has 3 nitrogen and oxygen atoms in total. The molecule has 84 valence electrons. The Morgan fingerprint density at radius 2 is 2.12 bits per heavy atom. The largest absolute Gasteiger partial charge is 0.389 e. The number of para-hydroxylation sites is 1. The van der Waals surface area contributed by atoms with Gasteiger partial charge in [-0.05, 0) is 13.0 Å². The van der Waals surface area contributed by atoms with E-state index in [1.807, 2.05) is 35.0 Å². The van der Waals surface area contributed by atoms with E-state index >= 15 is 0 Å². The Morgan fingerprint density at radius 3 is 2.81 bits per heavy atom. The molecular formula is C13H16N2O. The first-order valence-electron chi connectivity index (χ1n) is 5.53. The number of hydrogen-bond donors (Lipinski definition) is 1. The molecule has 1 heterocycles. The van der Waals surface area contributed by atoms with Crippen LogP contribution in [0.2, 0.25) is 0 Å². The first-order chi connectivity index (χ1) is 7.74. The molecule has 0 radical (unpaired) electrons. The molecule has 0 saturated carbocycles. The highest BCUT2D eigenvalue weighted by atomic mass is 16.3. The van der Waals surface area contributed by atoms with Crippen molar-refractivity contribution < 1.29 is 5.11 Å². The molecule has 0 spiro atoms. The lowest BCUT2D eigenvalue weighted by Crippen LogP contribution is -2.04. The van der Waals surface area contributed by atoms with Crippen LogP contribution in [0, 0.1) is 0 Å². The van der Waals surface area contributed by atoms with Gasteiger partial charge in [-0.25, -0.2) is 4.98 Å². The van der Waals surface area contributed by atoms with Crippen LogP contribution < -0.4 is 0 Å². The molecule has 0 fully saturated rings. The summed E-state index contributed by atoms with van der Waals surface area (Å²) in [4.78, 5) is 4.29. The van der Waals surface area contributed by atoms with Gasteiger partial charge >= 0.3 is 0 Å². The normalized spacial score (nSPS) is 12.7. The first kappa shape index (κ1) is 10.9. The van der Waals surface area contributed by atoms with Crippen LogP contribution in [0.5, 0.6) is 0 Å². The molecule has 2 aromatic rings. The predicted molar refractivity (Wildman–Crippen MR) is 63.6 cm³/mol. The van der Waals surface area contributed by atoms with E-state index in [0.717, 1.165) is 23.5 Å². The van der Waals surface area contributed by atoms with Crippen molar-refractivity contribution in [2.75, 3.05) is 0 Å². The summed E-state index contributed by atoms with van der Waals surface area (Å²) in [5.74, 6) is 1.01. The maximum Gasteiger partial charge on any atom is 0.112 e. The number of aryl methyl sites for hydroxylation is 1. The van der Waals surface area contributed by atoms with Crippen LogP contribution >= 0.6 is 0 Å². The van der Waals surface area contributed by atoms with E-state index in [4.69, 9.17) is 0 Å². The minimum absolute atomic E-state index is 0.469. The molecule has 0 amide bonds. The lowest BCUT2D eigenvalue weighted by atomic mass is 10.1. The number of aliphatic hydroxyl groups excluding tert-OH is 1. The lowest BCUT2D eigenvalue weighted by molar-refractivity contribution is 0.199. The molecule has 0 aliphatic carbocycles. The molecule has 2 rings (SSSR count). The molecular weight excluding hydrogens is 200 g/mol. The number of aromatic nitrogens is 2. The summed E-state index contributed by atoms with van der Waals surface area (Å²) < 4.78 is 2.03. The zero-order valence-electron chi connectivity index (χ0n) is 9.59. The van der Waals surface area contributed by atoms with E-state index in [9.17, 15) is 5.11 Å². The number of hydrogen-bond acceptors (Lipinski definition) is 2. The van der Waals surface area contributed by atoms with Gasteiger partial charge in [0.2, 0.25) is 0 Å². The molecule has 0 bridgehead atoms. The second-order valence-corrected chi connectivity index (χ2v) is 3.80. The van der Waals surface area contributed by atoms with Gasteiger partial charge in [0.05, 0.1) is 11.8 Å². The van der Waals surface area contributed by atoms with Gasteiger partial charge in [0, 0.05) is 24.4 Å². The van der Waals surface area contributed by atoms with Gasteiger partial charge in [-0.1, -0.05) is 25.1 Å². The fourth-order valence-corrected chi connectivity index (χ4v) is 1.88. The van der Waals surface area contributed by atoms with Gasteiger partial charge in [0.15, 0.2) is 0 Å². The second kappa shape index (κ2) is 4.49. The molecule has 1 atom stereocenters. The maximum atomic E-state index is 9.73. The van der Waals surface area contributed by atoms with Crippen molar-refractivity contribution in [1.82, 2.24) is 9.55 Å². The maximum absolute atomic E-state index is 9.73. The molecule has 0 aliphatic rings. The summed E-state index contributed by atoms with van der Waals surface area (Å²) in [6.45, 7) is 3.85. The average Bonchev–Trinajstić information content (AvgIpc) is 2.76. The van der Waals surface area contributed by atoms with Crippen LogP contribution in [0.1, 0.15) is 31.3 Å². The Hall–Kier alpha value is -1.61. The Balaban J connectivity index is 2.55. The Kier molecular flexibility index (Phi) is 3.06. The van der Waals surface area contributed by atoms with Crippen LogP contribution in [0.25, 0.3) is 5.69 Å². The molecule has 3 heteroatoms. The highest BCUT2D eigenvalue weighted by molar-refractivity contribution is 5.43. The van der Waals surface area contributed by atoms with Gasteiger partial charge in [0.1, 0.15) is 5.82 Å². The quantitative estimate of drug-likeness (QED) is 0.856. The minimum atomic E-state index is -0.469. The average molecular weight is 216 g/mol. The molecule has 1 aromatic heterocycles. The number of nitrogens with zero attached hydrogens (tertiary/aromatic N) is 2. The summed E-state index contributed by atoms with van der Waals surface area (Å²) in [5, 5.41) is 9.73. The Bertz CT molecular complexity index is 474. The van der Waals surface area contributed by atoms with Crippen molar-refractivity contribution in [2.24, 2.45) is 0 Å². The fraction of sp³-hybridized carbons (Fsp3) is 0.308. The van der Waals surface area contributed by atoms with Gasteiger partial charge in [-0.15, -0.1) is 0 Å². The van der Waals surface area contributed by atoms with Crippen molar-refractivity contribution in [2.45, 2.75) is 26.4 Å². The van der Waals surface area contributed by atoms with Gasteiger partial charge in [-0.3, -0.25) is 0 Å². The SMILES string of the molecule is CCc1nccn1-c1ccccc1[C@@H](C)O. The Morgan fingerprint density at radius 1 is 1.38 bits per heavy atom. The molecule has 1 aromatic carbocycles. The van der Waals surface area contributed by atoms with Crippen molar-refractivity contribution >= 4 is 0 Å². The topological polar surface area (TPSA) is 38.0 Å². The van der Waals surface area contributed by atoms with Crippen LogP contribution in [0.3, 0.4) is 0 Å². The highest BCUT2D eigenvalue weighted by Crippen LogP contribution is 2.22. The van der Waals surface area contributed by atoms with Gasteiger partial charge in [-0.2, -0.15) is 0 Å². The third-order valence-electron chi connectivity index (χ3n) is 2.68. The van der Waals surface area contributed by atoms with Crippen LogP contribution in [0.4, 0.5) is 0 Å². The monoisotopic (exact) mass is 216 g/mol. The number of benzene rings is 1. The molecule has 0 aliphatic heterocycles. The zero-order valence-corrected chi connectivity index (χ0v) is 9.59. The molecule has 16 heavy (non-hydrogen) atoms. The summed E-state index contributed by atoms with van der Waals surface area (Å²) in [7, 11) is 0. The zero-order chi connectivity index (χ0) is 11.5. The van der Waals surface area contributed by atoms with E-state index in [-0.39, 0.29) is 0 Å². The molecule has 0 unspecified atom stereocenters. The molecule has 0 saturated heterocycles. The first-order valence-corrected chi connectivity index (χ1v) is 5.53. The van der Waals surface area contributed by atoms with Crippen molar-refractivity contribution in [3.05, 3.63) is 48.0 Å². The summed E-state index contributed by atoms with van der Waals surface area (Å²) in [5.41, 5.74) is 1.93. The van der Waals surface area contributed by atoms with Crippen LogP contribution in [0.15, 0.2) is 36.7 Å². The molecule has 1 N–H and O–H groups in total. The van der Waals surface area contributed by atoms with E-state index in [1.54, 1.807) is 13.1 Å². The summed E-state index contributed by atoms with van der Waals surface area (Å²) >= 11 is 0. The highest BCUT2D eigenvalue weighted by Gasteiger charge is 2.10. The second-order valence-electron chi connectivity index (χ2n) is 3.80. The standard InChI is InChI=1S/C13H16N2O/c1-3-13-14-8-9-15(13)12-7-5-4-6-11(12)10(2)16/h4-10,16H,3H2,1-2H3/t10-/m1/s1. The summed E-state index contributed by atoms with van der Waals surface area (Å²) in [6.07, 6.45) is 4.13. The van der Waals surface area contributed by atoms with Gasteiger partial charge in [0.25, 0.3) is 0 Å². The van der Waals surface area contributed by atoms with Crippen LogP contribution in [-0.4, -0.2) is 14.7 Å². The fourth-order valence-electron chi connectivity index (χ4n) is 1.88. The number of imidazole rings is 1. The lowest BCUT2D eigenvalue weighted by Gasteiger charge is -2.14. The van der Waals surface area contributed by atoms with Crippen molar-refractivity contribution in [3.8, 4) is 5.69 Å². The predicted octanol–water partition coefficient (Wildman–Crippen LogP) is 2.49. The van der Waals surface area contributed by atoms with Crippen molar-refractivity contribution in [3.63, 3.8) is 0 Å². The van der Waals surface area contributed by atoms with Crippen LogP contribution in [-0.2, 0) is 6.42 Å². The van der Waals surface area contributed by atoms with Gasteiger partial charge < -0.3 is 9.67 Å². The van der Waals surface area contributed by atoms with E-state index in [0.29, 0.717) is 0 Å². The van der Waals surface area contributed by atoms with E-state index < -0.39 is 6.10 Å². The number of aliphatic hydroxyl groups is 1. The summed E-state index contributed by atoms with van der Waals surface area (Å²) in [6, 6.07) is 7.86. The smallest absolute Gasteiger partial charge is 0.112 e. The Labute approximate surface area is 95.4 Å².